The number of amides is 1. The van der Waals surface area contributed by atoms with Crippen LogP contribution >= 0.6 is 11.6 Å². The third-order valence-corrected chi connectivity index (χ3v) is 3.71. The first-order chi connectivity index (χ1) is 11.9. The first-order valence-electron chi connectivity index (χ1n) is 7.80. The van der Waals surface area contributed by atoms with Gasteiger partial charge in [-0.05, 0) is 29.7 Å². The van der Waals surface area contributed by atoms with Gasteiger partial charge >= 0.3 is 5.97 Å². The van der Waals surface area contributed by atoms with Gasteiger partial charge in [-0.15, -0.1) is 10.2 Å². The van der Waals surface area contributed by atoms with Crippen molar-refractivity contribution in [2.75, 3.05) is 7.11 Å². The van der Waals surface area contributed by atoms with Crippen molar-refractivity contribution in [1.29, 1.82) is 0 Å². The largest absolute Gasteiger partial charge is 0.467 e. The fraction of sp³-hybridized carbons (Fsp3) is 0.438. The number of tetrazole rings is 1. The minimum absolute atomic E-state index is 0.164. The number of benzene rings is 1. The van der Waals surface area contributed by atoms with Gasteiger partial charge in [0.15, 0.2) is 0 Å². The molecule has 0 fully saturated rings. The summed E-state index contributed by atoms with van der Waals surface area (Å²) in [5.74, 6) is -0.338. The molecule has 1 aromatic heterocycles. The van der Waals surface area contributed by atoms with Crippen molar-refractivity contribution in [1.82, 2.24) is 25.5 Å². The number of esters is 1. The van der Waals surface area contributed by atoms with E-state index in [1.165, 1.54) is 7.11 Å². The van der Waals surface area contributed by atoms with Crippen molar-refractivity contribution in [3.05, 3.63) is 29.3 Å². The highest BCUT2D eigenvalue weighted by Gasteiger charge is 2.23. The molecule has 0 spiro atoms. The van der Waals surface area contributed by atoms with E-state index in [0.717, 1.165) is 4.80 Å². The molecule has 9 heteroatoms. The lowest BCUT2D eigenvalue weighted by Gasteiger charge is -2.17. The van der Waals surface area contributed by atoms with Crippen LogP contribution in [0.5, 0.6) is 0 Å². The van der Waals surface area contributed by atoms with Crippen LogP contribution in [0.2, 0.25) is 5.02 Å². The van der Waals surface area contributed by atoms with Gasteiger partial charge in [-0.2, -0.15) is 4.80 Å². The smallest absolute Gasteiger partial charge is 0.328 e. The number of rotatable bonds is 7. The van der Waals surface area contributed by atoms with Crippen LogP contribution in [0.25, 0.3) is 11.4 Å². The van der Waals surface area contributed by atoms with E-state index in [2.05, 4.69) is 20.7 Å². The summed E-state index contributed by atoms with van der Waals surface area (Å²) >= 11 is 6.09. The van der Waals surface area contributed by atoms with Crippen molar-refractivity contribution in [3.63, 3.8) is 0 Å². The molecule has 0 aliphatic carbocycles. The van der Waals surface area contributed by atoms with E-state index >= 15 is 0 Å². The molecule has 0 aliphatic rings. The molecule has 2 rings (SSSR count). The summed E-state index contributed by atoms with van der Waals surface area (Å²) in [6.07, 6.45) is 0.480. The number of nitrogens with one attached hydrogen (secondary N) is 1. The second kappa shape index (κ2) is 8.57. The Balaban J connectivity index is 2.03. The lowest BCUT2D eigenvalue weighted by molar-refractivity contribution is -0.145. The zero-order chi connectivity index (χ0) is 18.4. The van der Waals surface area contributed by atoms with Crippen molar-refractivity contribution in [3.8, 4) is 11.4 Å². The molecule has 2 aromatic rings. The molecule has 1 N–H and O–H groups in total. The van der Waals surface area contributed by atoms with Crippen LogP contribution in [0.3, 0.4) is 0 Å². The van der Waals surface area contributed by atoms with Crippen LogP contribution < -0.4 is 5.32 Å². The second-order valence-electron chi connectivity index (χ2n) is 5.90. The molecule has 1 amide bonds. The van der Waals surface area contributed by atoms with E-state index < -0.39 is 17.9 Å². The standard InChI is InChI=1S/C16H20ClN5O3/c1-10(2)8-13(16(24)25-3)18-14(23)9-22-20-15(19-21-22)11-6-4-5-7-12(11)17/h4-7,10,13H,8-9H2,1-3H3,(H,18,23)/t13-/m0/s1. The summed E-state index contributed by atoms with van der Waals surface area (Å²) in [7, 11) is 1.29. The topological polar surface area (TPSA) is 99.0 Å². The van der Waals surface area contributed by atoms with Crippen LogP contribution in [0.15, 0.2) is 24.3 Å². The average molecular weight is 366 g/mol. The first-order valence-corrected chi connectivity index (χ1v) is 8.18. The molecule has 0 aliphatic heterocycles. The van der Waals surface area contributed by atoms with E-state index in [4.69, 9.17) is 16.3 Å². The minimum atomic E-state index is -0.705. The maximum Gasteiger partial charge on any atom is 0.328 e. The summed E-state index contributed by atoms with van der Waals surface area (Å²) in [6.45, 7) is 3.75. The molecule has 0 bridgehead atoms. The Morgan fingerprint density at radius 3 is 2.68 bits per heavy atom. The number of ether oxygens (including phenoxy) is 1. The zero-order valence-electron chi connectivity index (χ0n) is 14.3. The van der Waals surface area contributed by atoms with Crippen molar-refractivity contribution in [2.24, 2.45) is 5.92 Å². The van der Waals surface area contributed by atoms with E-state index in [1.807, 2.05) is 19.9 Å². The average Bonchev–Trinajstić information content (AvgIpc) is 3.01. The van der Waals surface area contributed by atoms with E-state index in [9.17, 15) is 9.59 Å². The number of halogens is 1. The molecular formula is C16H20ClN5O3. The van der Waals surface area contributed by atoms with Gasteiger partial charge in [0, 0.05) is 5.56 Å². The Kier molecular flexibility index (Phi) is 6.46. The molecule has 0 radical (unpaired) electrons. The highest BCUT2D eigenvalue weighted by molar-refractivity contribution is 6.33. The Bertz CT molecular complexity index is 747. The van der Waals surface area contributed by atoms with Gasteiger partial charge in [-0.1, -0.05) is 37.6 Å². The summed E-state index contributed by atoms with van der Waals surface area (Å²) in [5.41, 5.74) is 0.628. The Morgan fingerprint density at radius 1 is 1.32 bits per heavy atom. The zero-order valence-corrected chi connectivity index (χ0v) is 15.0. The summed E-state index contributed by atoms with van der Waals surface area (Å²) < 4.78 is 4.72. The number of nitrogens with zero attached hydrogens (tertiary/aromatic N) is 4. The maximum absolute atomic E-state index is 12.2. The summed E-state index contributed by atoms with van der Waals surface area (Å²) in [4.78, 5) is 25.1. The van der Waals surface area contributed by atoms with Gasteiger partial charge < -0.3 is 10.1 Å². The maximum atomic E-state index is 12.2. The van der Waals surface area contributed by atoms with Gasteiger partial charge in [-0.3, -0.25) is 4.79 Å². The van der Waals surface area contributed by atoms with E-state index in [1.54, 1.807) is 18.2 Å². The quantitative estimate of drug-likeness (QED) is 0.750. The number of hydrogen-bond acceptors (Lipinski definition) is 6. The lowest BCUT2D eigenvalue weighted by Crippen LogP contribution is -2.43. The van der Waals surface area contributed by atoms with Gasteiger partial charge in [0.2, 0.25) is 11.7 Å². The van der Waals surface area contributed by atoms with E-state index in [-0.39, 0.29) is 12.5 Å². The number of aromatic nitrogens is 4. The molecule has 8 nitrogen and oxygen atoms in total. The molecule has 1 atom stereocenters. The molecule has 1 aromatic carbocycles. The summed E-state index contributed by atoms with van der Waals surface area (Å²) in [5, 5.41) is 15.0. The molecule has 0 saturated heterocycles. The fourth-order valence-electron chi connectivity index (χ4n) is 2.26. The molecule has 1 heterocycles. The Hall–Kier alpha value is -2.48. The predicted octanol–water partition coefficient (Wildman–Crippen LogP) is 1.70. The first kappa shape index (κ1) is 18.9. The van der Waals surface area contributed by atoms with Crippen LogP contribution in [0.1, 0.15) is 20.3 Å². The SMILES string of the molecule is COC(=O)[C@H](CC(C)C)NC(=O)Cn1nnc(-c2ccccc2Cl)n1. The fourth-order valence-corrected chi connectivity index (χ4v) is 2.48. The molecule has 134 valence electrons. The lowest BCUT2D eigenvalue weighted by atomic mass is 10.0. The second-order valence-corrected chi connectivity index (χ2v) is 6.30. The third kappa shape index (κ3) is 5.25. The van der Waals surface area contributed by atoms with E-state index in [0.29, 0.717) is 22.8 Å². The van der Waals surface area contributed by atoms with Crippen molar-refractivity contribution < 1.29 is 14.3 Å². The van der Waals surface area contributed by atoms with Gasteiger partial charge in [0.05, 0.1) is 12.1 Å². The number of carbonyl (C=O) groups is 2. The highest BCUT2D eigenvalue weighted by atomic mass is 35.5. The Labute approximate surface area is 150 Å². The van der Waals surface area contributed by atoms with Gasteiger partial charge in [0.25, 0.3) is 0 Å². The molecule has 25 heavy (non-hydrogen) atoms. The number of methoxy groups -OCH3 is 1. The molecule has 0 unspecified atom stereocenters. The normalized spacial score (nSPS) is 12.0. The van der Waals surface area contributed by atoms with Gasteiger partial charge in [-0.25, -0.2) is 4.79 Å². The summed E-state index contributed by atoms with van der Waals surface area (Å²) in [6, 6.07) is 6.38. The van der Waals surface area contributed by atoms with Crippen LogP contribution in [0, 0.1) is 5.92 Å². The van der Waals surface area contributed by atoms with Crippen LogP contribution in [-0.2, 0) is 20.9 Å². The molecule has 0 saturated carbocycles. The van der Waals surface area contributed by atoms with Gasteiger partial charge in [0.1, 0.15) is 12.6 Å². The predicted molar refractivity (Wildman–Crippen MR) is 91.7 cm³/mol. The van der Waals surface area contributed by atoms with Crippen molar-refractivity contribution >= 4 is 23.5 Å². The van der Waals surface area contributed by atoms with Crippen molar-refractivity contribution in [2.45, 2.75) is 32.9 Å². The van der Waals surface area contributed by atoms with Crippen LogP contribution in [-0.4, -0.2) is 45.2 Å². The van der Waals surface area contributed by atoms with Crippen LogP contribution in [0.4, 0.5) is 0 Å². The minimum Gasteiger partial charge on any atom is -0.467 e. The number of carbonyl (C=O) groups excluding carboxylic acids is 2. The monoisotopic (exact) mass is 365 g/mol. The number of hydrogen-bond donors (Lipinski definition) is 1. The molecular weight excluding hydrogens is 346 g/mol. The Morgan fingerprint density at radius 2 is 2.04 bits per heavy atom. The highest BCUT2D eigenvalue weighted by Crippen LogP contribution is 2.23. The third-order valence-electron chi connectivity index (χ3n) is 3.38.